The van der Waals surface area contributed by atoms with E-state index in [4.69, 9.17) is 0 Å². The number of benzene rings is 1. The second kappa shape index (κ2) is 6.39. The minimum absolute atomic E-state index is 0.552. The van der Waals surface area contributed by atoms with Gasteiger partial charge >= 0.3 is 0 Å². The predicted molar refractivity (Wildman–Crippen MR) is 98.3 cm³/mol. The smallest absolute Gasteiger partial charge is 0.143 e. The Morgan fingerprint density at radius 2 is 2.08 bits per heavy atom. The fourth-order valence-corrected chi connectivity index (χ4v) is 4.20. The van der Waals surface area contributed by atoms with Crippen molar-refractivity contribution in [3.63, 3.8) is 0 Å². The van der Waals surface area contributed by atoms with Crippen LogP contribution in [0.1, 0.15) is 61.4 Å². The third-order valence-corrected chi connectivity index (χ3v) is 5.47. The first-order chi connectivity index (χ1) is 11.8. The summed E-state index contributed by atoms with van der Waals surface area (Å²) >= 11 is 0. The molecule has 2 aromatic heterocycles. The van der Waals surface area contributed by atoms with Crippen LogP contribution < -0.4 is 0 Å². The summed E-state index contributed by atoms with van der Waals surface area (Å²) in [7, 11) is 0. The average molecular weight is 319 g/mol. The van der Waals surface area contributed by atoms with Gasteiger partial charge in [0.1, 0.15) is 12.0 Å². The van der Waals surface area contributed by atoms with E-state index in [1.54, 1.807) is 6.33 Å². The number of hydrogen-bond acceptors (Lipinski definition) is 2. The van der Waals surface area contributed by atoms with Crippen LogP contribution >= 0.6 is 0 Å². The molecule has 1 aliphatic rings. The molecule has 0 amide bonds. The molecule has 0 saturated heterocycles. The van der Waals surface area contributed by atoms with Crippen LogP contribution in [0.15, 0.2) is 42.9 Å². The lowest BCUT2D eigenvalue weighted by Crippen LogP contribution is -2.05. The van der Waals surface area contributed by atoms with Gasteiger partial charge in [-0.1, -0.05) is 37.6 Å². The first kappa shape index (κ1) is 15.4. The van der Waals surface area contributed by atoms with E-state index in [1.807, 2.05) is 0 Å². The lowest BCUT2D eigenvalue weighted by Gasteiger charge is -2.15. The monoisotopic (exact) mass is 319 g/mol. The van der Waals surface area contributed by atoms with Gasteiger partial charge in [-0.2, -0.15) is 0 Å². The third kappa shape index (κ3) is 2.72. The van der Waals surface area contributed by atoms with Crippen LogP contribution in [0, 0.1) is 6.92 Å². The summed E-state index contributed by atoms with van der Waals surface area (Å²) < 4.78 is 2.37. The van der Waals surface area contributed by atoms with Crippen LogP contribution in [0.25, 0.3) is 11.0 Å². The maximum Gasteiger partial charge on any atom is 0.143 e. The first-order valence-corrected chi connectivity index (χ1v) is 9.13. The fourth-order valence-electron chi connectivity index (χ4n) is 4.20. The van der Waals surface area contributed by atoms with Crippen molar-refractivity contribution < 1.29 is 0 Å². The standard InChI is InChI=1S/C21H25N3/c1-3-5-16-6-4-7-17(12-16)18-8-9-19(13-18)24-11-10-20-15(2)22-14-23-21(20)24/h4,6-7,10-12,14,18-19H,3,5,8-9,13H2,1-2H3. The Bertz CT molecular complexity index is 849. The van der Waals surface area contributed by atoms with E-state index >= 15 is 0 Å². The Balaban J connectivity index is 1.58. The highest BCUT2D eigenvalue weighted by atomic mass is 15.1. The highest BCUT2D eigenvalue weighted by molar-refractivity contribution is 5.78. The van der Waals surface area contributed by atoms with Gasteiger partial charge in [0.2, 0.25) is 0 Å². The number of aryl methyl sites for hydroxylation is 2. The van der Waals surface area contributed by atoms with E-state index in [0.717, 1.165) is 11.3 Å². The molecule has 1 aromatic carbocycles. The molecule has 2 atom stereocenters. The summed E-state index contributed by atoms with van der Waals surface area (Å²) in [5.41, 5.74) is 5.16. The van der Waals surface area contributed by atoms with Gasteiger partial charge in [-0.15, -0.1) is 0 Å². The Morgan fingerprint density at radius 3 is 2.96 bits per heavy atom. The molecule has 0 spiro atoms. The molecule has 2 unspecified atom stereocenters. The number of nitrogens with zero attached hydrogens (tertiary/aromatic N) is 3. The molecular formula is C21H25N3. The van der Waals surface area contributed by atoms with Crippen LogP contribution in [0.5, 0.6) is 0 Å². The van der Waals surface area contributed by atoms with Crippen LogP contribution in [0.3, 0.4) is 0 Å². The summed E-state index contributed by atoms with van der Waals surface area (Å²) in [5.74, 6) is 0.673. The summed E-state index contributed by atoms with van der Waals surface area (Å²) in [5, 5.41) is 1.19. The zero-order chi connectivity index (χ0) is 16.5. The maximum atomic E-state index is 4.53. The van der Waals surface area contributed by atoms with Crippen molar-refractivity contribution in [2.24, 2.45) is 0 Å². The van der Waals surface area contributed by atoms with Gasteiger partial charge in [-0.3, -0.25) is 0 Å². The molecule has 124 valence electrons. The van der Waals surface area contributed by atoms with Crippen molar-refractivity contribution in [2.45, 2.75) is 57.9 Å². The molecule has 4 rings (SSSR count). The minimum Gasteiger partial charge on any atom is -0.329 e. The lowest BCUT2D eigenvalue weighted by molar-refractivity contribution is 0.523. The van der Waals surface area contributed by atoms with Crippen molar-refractivity contribution in [3.05, 3.63) is 59.7 Å². The van der Waals surface area contributed by atoms with E-state index in [1.165, 1.54) is 48.6 Å². The zero-order valence-electron chi connectivity index (χ0n) is 14.6. The molecule has 3 nitrogen and oxygen atoms in total. The molecule has 3 heteroatoms. The highest BCUT2D eigenvalue weighted by Gasteiger charge is 2.28. The Labute approximate surface area is 143 Å². The number of aromatic nitrogens is 3. The molecule has 0 aliphatic heterocycles. The van der Waals surface area contributed by atoms with Crippen LogP contribution in [-0.2, 0) is 6.42 Å². The molecule has 2 heterocycles. The molecule has 3 aromatic rings. The molecule has 1 fully saturated rings. The fraction of sp³-hybridized carbons (Fsp3) is 0.429. The highest BCUT2D eigenvalue weighted by Crippen LogP contribution is 2.42. The summed E-state index contributed by atoms with van der Waals surface area (Å²) in [4.78, 5) is 8.85. The Hall–Kier alpha value is -2.16. The van der Waals surface area contributed by atoms with Crippen LogP contribution in [0.2, 0.25) is 0 Å². The Morgan fingerprint density at radius 1 is 1.17 bits per heavy atom. The molecular weight excluding hydrogens is 294 g/mol. The van der Waals surface area contributed by atoms with Crippen molar-refractivity contribution in [1.82, 2.24) is 14.5 Å². The van der Waals surface area contributed by atoms with Crippen molar-refractivity contribution in [3.8, 4) is 0 Å². The normalized spacial score (nSPS) is 20.8. The molecule has 24 heavy (non-hydrogen) atoms. The van der Waals surface area contributed by atoms with Gasteiger partial charge in [0.15, 0.2) is 0 Å². The minimum atomic E-state index is 0.552. The van der Waals surface area contributed by atoms with E-state index in [9.17, 15) is 0 Å². The first-order valence-electron chi connectivity index (χ1n) is 9.13. The summed E-state index contributed by atoms with van der Waals surface area (Å²) in [6.45, 7) is 4.31. The van der Waals surface area contributed by atoms with Gasteiger partial charge in [-0.05, 0) is 55.7 Å². The van der Waals surface area contributed by atoms with Gasteiger partial charge in [0.05, 0.1) is 5.69 Å². The molecule has 0 bridgehead atoms. The number of fused-ring (bicyclic) bond motifs is 1. The van der Waals surface area contributed by atoms with Crippen molar-refractivity contribution in [1.29, 1.82) is 0 Å². The second-order valence-corrected chi connectivity index (χ2v) is 7.08. The molecule has 0 N–H and O–H groups in total. The van der Waals surface area contributed by atoms with Gasteiger partial charge < -0.3 is 4.57 Å². The summed E-state index contributed by atoms with van der Waals surface area (Å²) in [6, 6.07) is 12.0. The maximum absolute atomic E-state index is 4.53. The van der Waals surface area contributed by atoms with E-state index in [2.05, 4.69) is 64.9 Å². The average Bonchev–Trinajstić information content (AvgIpc) is 3.23. The van der Waals surface area contributed by atoms with Crippen molar-refractivity contribution >= 4 is 11.0 Å². The topological polar surface area (TPSA) is 30.7 Å². The SMILES string of the molecule is CCCc1cccc(C2CCC(n3ccc4c(C)ncnc43)C2)c1. The molecule has 0 radical (unpaired) electrons. The predicted octanol–water partition coefficient (Wildman–Crippen LogP) is 5.20. The molecule has 1 aliphatic carbocycles. The van der Waals surface area contributed by atoms with Gasteiger partial charge in [-0.25, -0.2) is 9.97 Å². The second-order valence-electron chi connectivity index (χ2n) is 7.08. The van der Waals surface area contributed by atoms with Crippen molar-refractivity contribution in [2.75, 3.05) is 0 Å². The quantitative estimate of drug-likeness (QED) is 0.661. The molecule has 1 saturated carbocycles. The number of rotatable bonds is 4. The van der Waals surface area contributed by atoms with Gasteiger partial charge in [0.25, 0.3) is 0 Å². The zero-order valence-corrected chi connectivity index (χ0v) is 14.6. The van der Waals surface area contributed by atoms with Crippen LogP contribution in [-0.4, -0.2) is 14.5 Å². The largest absolute Gasteiger partial charge is 0.329 e. The lowest BCUT2D eigenvalue weighted by atomic mass is 9.95. The number of hydrogen-bond donors (Lipinski definition) is 0. The van der Waals surface area contributed by atoms with E-state index in [0.29, 0.717) is 12.0 Å². The Kier molecular flexibility index (Phi) is 4.09. The van der Waals surface area contributed by atoms with Gasteiger partial charge in [0, 0.05) is 17.6 Å². The van der Waals surface area contributed by atoms with E-state index < -0.39 is 0 Å². The van der Waals surface area contributed by atoms with Crippen LogP contribution in [0.4, 0.5) is 0 Å². The van der Waals surface area contributed by atoms with E-state index in [-0.39, 0.29) is 0 Å². The third-order valence-electron chi connectivity index (χ3n) is 5.47. The summed E-state index contributed by atoms with van der Waals surface area (Å²) in [6.07, 6.45) is 10.00.